The highest BCUT2D eigenvalue weighted by Crippen LogP contribution is 2.34. The number of aryl methyl sites for hydroxylation is 2. The maximum absolute atomic E-state index is 14.4. The van der Waals surface area contributed by atoms with Crippen molar-refractivity contribution in [2.24, 2.45) is 0 Å². The first-order valence-electron chi connectivity index (χ1n) is 12.5. The summed E-state index contributed by atoms with van der Waals surface area (Å²) in [6.45, 7) is 8.32. The number of rotatable bonds is 4. The molecule has 1 aliphatic rings. The molecular weight excluding hydrogens is 458 g/mol. The summed E-state index contributed by atoms with van der Waals surface area (Å²) >= 11 is 0. The third-order valence-corrected chi connectivity index (χ3v) is 7.03. The zero-order valence-electron chi connectivity index (χ0n) is 21.4. The number of carbonyl (C=O) groups is 1. The molecule has 0 heterocycles. The zero-order chi connectivity index (χ0) is 26.0. The van der Waals surface area contributed by atoms with Gasteiger partial charge in [-0.2, -0.15) is 0 Å². The minimum Gasteiger partial charge on any atom is -0.508 e. The first kappa shape index (κ1) is 25.7. The van der Waals surface area contributed by atoms with Gasteiger partial charge >= 0.3 is 6.03 Å². The second kappa shape index (κ2) is 10.3. The van der Waals surface area contributed by atoms with Gasteiger partial charge in [0.2, 0.25) is 0 Å². The van der Waals surface area contributed by atoms with Crippen molar-refractivity contribution >= 4 is 11.7 Å². The molecule has 4 nitrogen and oxygen atoms in total. The van der Waals surface area contributed by atoms with E-state index in [0.717, 1.165) is 48.1 Å². The highest BCUT2D eigenvalue weighted by Gasteiger charge is 2.29. The monoisotopic (exact) mass is 492 g/mol. The predicted octanol–water partition coefficient (Wildman–Crippen LogP) is 7.26. The highest BCUT2D eigenvalue weighted by atomic mass is 19.1. The molecule has 3 aromatic rings. The van der Waals surface area contributed by atoms with Crippen LogP contribution in [0, 0.1) is 18.6 Å². The molecule has 0 saturated heterocycles. The Hall–Kier alpha value is -3.41. The molecule has 0 bridgehead atoms. The summed E-state index contributed by atoms with van der Waals surface area (Å²) in [6, 6.07) is 14.6. The van der Waals surface area contributed by atoms with E-state index < -0.39 is 17.7 Å². The molecule has 4 rings (SSSR count). The van der Waals surface area contributed by atoms with Crippen molar-refractivity contribution in [1.82, 2.24) is 4.90 Å². The molecule has 0 aliphatic heterocycles. The quantitative estimate of drug-likeness (QED) is 0.377. The number of hydrogen-bond acceptors (Lipinski definition) is 2. The first-order valence-corrected chi connectivity index (χ1v) is 12.5. The van der Waals surface area contributed by atoms with E-state index in [1.54, 1.807) is 11.0 Å². The Bertz CT molecular complexity index is 1270. The van der Waals surface area contributed by atoms with Crippen molar-refractivity contribution in [3.63, 3.8) is 0 Å². The second-order valence-corrected chi connectivity index (χ2v) is 10.7. The molecule has 1 aliphatic carbocycles. The van der Waals surface area contributed by atoms with Gasteiger partial charge in [-0.15, -0.1) is 0 Å². The number of halogens is 2. The Balaban J connectivity index is 1.71. The molecule has 1 atom stereocenters. The van der Waals surface area contributed by atoms with Crippen LogP contribution in [0.1, 0.15) is 61.4 Å². The SMILES string of the molecule is Cc1cc(O)c(C(C)(C)C)cc1CN(C(=O)Nc1ccc(F)cc1F)C1CCCc2ccccc2C1. The number of aromatic hydroxyl groups is 1. The maximum Gasteiger partial charge on any atom is 0.322 e. The van der Waals surface area contributed by atoms with E-state index >= 15 is 0 Å². The van der Waals surface area contributed by atoms with Crippen LogP contribution >= 0.6 is 0 Å². The molecule has 1 unspecified atom stereocenters. The third-order valence-electron chi connectivity index (χ3n) is 7.03. The molecule has 2 N–H and O–H groups in total. The van der Waals surface area contributed by atoms with Gasteiger partial charge in [-0.1, -0.05) is 45.0 Å². The molecule has 0 aromatic heterocycles. The Labute approximate surface area is 212 Å². The van der Waals surface area contributed by atoms with Crippen molar-refractivity contribution in [2.45, 2.75) is 71.4 Å². The molecule has 36 heavy (non-hydrogen) atoms. The number of amides is 2. The Morgan fingerprint density at radius 2 is 1.81 bits per heavy atom. The van der Waals surface area contributed by atoms with E-state index in [-0.39, 0.29) is 22.9 Å². The van der Waals surface area contributed by atoms with Crippen LogP contribution in [0.25, 0.3) is 0 Å². The number of carbonyl (C=O) groups excluding carboxylic acids is 1. The molecular formula is C30H34F2N2O2. The van der Waals surface area contributed by atoms with Crippen LogP contribution in [0.5, 0.6) is 5.75 Å². The van der Waals surface area contributed by atoms with E-state index in [4.69, 9.17) is 0 Å². The second-order valence-electron chi connectivity index (χ2n) is 10.7. The van der Waals surface area contributed by atoms with Crippen LogP contribution < -0.4 is 5.32 Å². The summed E-state index contributed by atoms with van der Waals surface area (Å²) < 4.78 is 27.8. The normalized spacial score (nSPS) is 15.7. The summed E-state index contributed by atoms with van der Waals surface area (Å²) in [5.74, 6) is -1.28. The molecule has 0 saturated carbocycles. The number of urea groups is 1. The van der Waals surface area contributed by atoms with Crippen LogP contribution in [0.4, 0.5) is 19.3 Å². The lowest BCUT2D eigenvalue weighted by molar-refractivity contribution is 0.178. The average Bonchev–Trinajstić information content (AvgIpc) is 3.02. The van der Waals surface area contributed by atoms with Gasteiger partial charge in [0.05, 0.1) is 5.69 Å². The number of benzene rings is 3. The van der Waals surface area contributed by atoms with Crippen molar-refractivity contribution in [2.75, 3.05) is 5.32 Å². The molecule has 190 valence electrons. The first-order chi connectivity index (χ1) is 17.0. The van der Waals surface area contributed by atoms with Crippen molar-refractivity contribution in [3.8, 4) is 5.75 Å². The fraction of sp³-hybridized carbons (Fsp3) is 0.367. The number of hydrogen-bond donors (Lipinski definition) is 2. The molecule has 6 heteroatoms. The molecule has 0 radical (unpaired) electrons. The zero-order valence-corrected chi connectivity index (χ0v) is 21.4. The lowest BCUT2D eigenvalue weighted by Crippen LogP contribution is -2.43. The van der Waals surface area contributed by atoms with E-state index in [1.165, 1.54) is 17.2 Å². The third kappa shape index (κ3) is 5.69. The molecule has 2 amide bonds. The van der Waals surface area contributed by atoms with Crippen LogP contribution in [0.15, 0.2) is 54.6 Å². The standard InChI is InChI=1S/C30H34F2N2O2/c1-19-14-28(35)25(30(2,3)4)16-22(19)18-34(29(36)33-27-13-12-23(31)17-26(27)32)24-11-7-10-20-8-5-6-9-21(20)15-24/h5-6,8-9,12-14,16-17,24,35H,7,10-11,15,18H2,1-4H3,(H,33,36). The van der Waals surface area contributed by atoms with E-state index in [0.29, 0.717) is 13.0 Å². The molecule has 3 aromatic carbocycles. The summed E-state index contributed by atoms with van der Waals surface area (Å²) in [6.07, 6.45) is 3.37. The van der Waals surface area contributed by atoms with Gasteiger partial charge in [-0.3, -0.25) is 0 Å². The maximum atomic E-state index is 14.4. The van der Waals surface area contributed by atoms with E-state index in [9.17, 15) is 18.7 Å². The van der Waals surface area contributed by atoms with Gasteiger partial charge in [-0.05, 0) is 90.1 Å². The van der Waals surface area contributed by atoms with Gasteiger partial charge in [0.25, 0.3) is 0 Å². The summed E-state index contributed by atoms with van der Waals surface area (Å²) in [5, 5.41) is 13.2. The summed E-state index contributed by atoms with van der Waals surface area (Å²) in [4.78, 5) is 15.4. The molecule has 0 spiro atoms. The van der Waals surface area contributed by atoms with Crippen molar-refractivity contribution in [1.29, 1.82) is 0 Å². The van der Waals surface area contributed by atoms with Crippen LogP contribution in [0.2, 0.25) is 0 Å². The minimum atomic E-state index is -0.814. The Morgan fingerprint density at radius 3 is 2.50 bits per heavy atom. The van der Waals surface area contributed by atoms with Crippen LogP contribution in [-0.2, 0) is 24.8 Å². The Kier molecular flexibility index (Phi) is 7.34. The predicted molar refractivity (Wildman–Crippen MR) is 139 cm³/mol. The fourth-order valence-corrected chi connectivity index (χ4v) is 4.99. The average molecular weight is 493 g/mol. The van der Waals surface area contributed by atoms with Crippen molar-refractivity contribution in [3.05, 3.63) is 94.0 Å². The molecule has 0 fully saturated rings. The lowest BCUT2D eigenvalue weighted by Gasteiger charge is -2.33. The highest BCUT2D eigenvalue weighted by molar-refractivity contribution is 5.89. The van der Waals surface area contributed by atoms with Gasteiger partial charge < -0.3 is 15.3 Å². The Morgan fingerprint density at radius 1 is 1.08 bits per heavy atom. The smallest absolute Gasteiger partial charge is 0.322 e. The number of nitrogens with zero attached hydrogens (tertiary/aromatic N) is 1. The number of phenolic OH excluding ortho intramolecular Hbond substituents is 1. The van der Waals surface area contributed by atoms with E-state index in [2.05, 4.69) is 17.4 Å². The topological polar surface area (TPSA) is 52.6 Å². The lowest BCUT2D eigenvalue weighted by atomic mass is 9.84. The summed E-state index contributed by atoms with van der Waals surface area (Å²) in [7, 11) is 0. The van der Waals surface area contributed by atoms with Crippen molar-refractivity contribution < 1.29 is 18.7 Å². The van der Waals surface area contributed by atoms with Gasteiger partial charge in [0.1, 0.15) is 17.4 Å². The largest absolute Gasteiger partial charge is 0.508 e. The fourth-order valence-electron chi connectivity index (χ4n) is 4.99. The minimum absolute atomic E-state index is 0.0572. The van der Waals surface area contributed by atoms with Gasteiger partial charge in [0, 0.05) is 18.7 Å². The number of nitrogens with one attached hydrogen (secondary N) is 1. The summed E-state index contributed by atoms with van der Waals surface area (Å²) in [5.41, 5.74) is 4.77. The van der Waals surface area contributed by atoms with E-state index in [1.807, 2.05) is 45.9 Å². The van der Waals surface area contributed by atoms with Gasteiger partial charge in [-0.25, -0.2) is 13.6 Å². The number of fused-ring (bicyclic) bond motifs is 1. The van der Waals surface area contributed by atoms with Crippen LogP contribution in [0.3, 0.4) is 0 Å². The number of phenols is 1. The number of anilines is 1. The van der Waals surface area contributed by atoms with Gasteiger partial charge in [0.15, 0.2) is 0 Å². The van der Waals surface area contributed by atoms with Crippen LogP contribution in [-0.4, -0.2) is 22.1 Å².